The van der Waals surface area contributed by atoms with E-state index in [2.05, 4.69) is 41.8 Å². The first-order valence-corrected chi connectivity index (χ1v) is 11.6. The average molecular weight is 445 g/mol. The first kappa shape index (κ1) is 24.3. The molecule has 174 valence electrons. The normalized spacial score (nSPS) is 16.4. The van der Waals surface area contributed by atoms with Crippen LogP contribution in [0.3, 0.4) is 0 Å². The van der Waals surface area contributed by atoms with Crippen molar-refractivity contribution in [1.29, 1.82) is 0 Å². The van der Waals surface area contributed by atoms with Gasteiger partial charge in [0, 0.05) is 24.6 Å². The second-order valence-electron chi connectivity index (χ2n) is 8.84. The number of nitrogens with one attached hydrogen (secondary N) is 2. The van der Waals surface area contributed by atoms with Crippen molar-refractivity contribution < 1.29 is 18.7 Å². The predicted molar refractivity (Wildman–Crippen MR) is 122 cm³/mol. The third-order valence-electron chi connectivity index (χ3n) is 6.23. The summed E-state index contributed by atoms with van der Waals surface area (Å²) < 4.78 is 27.3. The molecule has 1 aliphatic carbocycles. The van der Waals surface area contributed by atoms with Gasteiger partial charge in [0.2, 0.25) is 5.91 Å². The third kappa shape index (κ3) is 6.59. The van der Waals surface area contributed by atoms with Crippen LogP contribution >= 0.6 is 0 Å². The number of aliphatic hydroxyl groups excluding tert-OH is 1. The number of carbonyl (C=O) groups is 1. The van der Waals surface area contributed by atoms with Gasteiger partial charge in [0.05, 0.1) is 12.1 Å². The molecule has 0 aliphatic heterocycles. The van der Waals surface area contributed by atoms with E-state index in [0.717, 1.165) is 38.2 Å². The first-order valence-electron chi connectivity index (χ1n) is 11.6. The van der Waals surface area contributed by atoms with Crippen LogP contribution in [0.1, 0.15) is 62.6 Å². The fourth-order valence-corrected chi connectivity index (χ4v) is 4.11. The van der Waals surface area contributed by atoms with Crippen molar-refractivity contribution in [3.63, 3.8) is 0 Å². The van der Waals surface area contributed by atoms with Crippen LogP contribution in [0, 0.1) is 11.6 Å². The Morgan fingerprint density at radius 2 is 1.81 bits per heavy atom. The Morgan fingerprint density at radius 1 is 1.09 bits per heavy atom. The maximum Gasteiger partial charge on any atom is 0.220 e. The quantitative estimate of drug-likeness (QED) is 0.455. The summed E-state index contributed by atoms with van der Waals surface area (Å²) in [6.07, 6.45) is 4.16. The molecular weight excluding hydrogens is 410 g/mol. The van der Waals surface area contributed by atoms with Crippen molar-refractivity contribution >= 4 is 5.91 Å². The van der Waals surface area contributed by atoms with Gasteiger partial charge in [0.1, 0.15) is 11.6 Å². The van der Waals surface area contributed by atoms with E-state index in [1.165, 1.54) is 23.3 Å². The monoisotopic (exact) mass is 444 g/mol. The lowest BCUT2D eigenvalue weighted by molar-refractivity contribution is -0.122. The molecule has 1 aliphatic rings. The van der Waals surface area contributed by atoms with Crippen LogP contribution < -0.4 is 10.6 Å². The molecule has 2 aromatic carbocycles. The summed E-state index contributed by atoms with van der Waals surface area (Å²) in [5.74, 6) is -1.50. The van der Waals surface area contributed by atoms with E-state index in [1.54, 1.807) is 0 Å². The summed E-state index contributed by atoms with van der Waals surface area (Å²) in [6, 6.07) is 11.1. The number of halogens is 2. The molecule has 0 unspecified atom stereocenters. The number of hydrogen-bond donors (Lipinski definition) is 3. The van der Waals surface area contributed by atoms with Crippen molar-refractivity contribution in [1.82, 2.24) is 10.6 Å². The molecule has 2 aromatic rings. The Bertz CT molecular complexity index is 894. The summed E-state index contributed by atoms with van der Waals surface area (Å²) in [5, 5.41) is 17.3. The summed E-state index contributed by atoms with van der Waals surface area (Å²) in [4.78, 5) is 12.4. The Kier molecular flexibility index (Phi) is 8.38. The Morgan fingerprint density at radius 3 is 2.44 bits per heavy atom. The molecule has 3 N–H and O–H groups in total. The highest BCUT2D eigenvalue weighted by atomic mass is 19.1. The van der Waals surface area contributed by atoms with E-state index in [-0.39, 0.29) is 24.4 Å². The number of hydrogen-bond acceptors (Lipinski definition) is 3. The number of benzene rings is 2. The molecule has 6 heteroatoms. The SMILES string of the molecule is CCCCC(=O)N[C@@H](Cc1cc(F)cc(F)c1)[C@H](O)CNC1(c2cccc(CC)c2)CC1. The maximum atomic E-state index is 13.7. The lowest BCUT2D eigenvalue weighted by atomic mass is 9.98. The van der Waals surface area contributed by atoms with Gasteiger partial charge >= 0.3 is 0 Å². The molecule has 2 atom stereocenters. The summed E-state index contributed by atoms with van der Waals surface area (Å²) in [6.45, 7) is 4.39. The summed E-state index contributed by atoms with van der Waals surface area (Å²) in [5.41, 5.74) is 2.72. The van der Waals surface area contributed by atoms with Crippen LogP contribution in [0.2, 0.25) is 0 Å². The van der Waals surface area contributed by atoms with Crippen molar-refractivity contribution in [2.75, 3.05) is 6.54 Å². The zero-order valence-corrected chi connectivity index (χ0v) is 19.0. The number of rotatable bonds is 12. The van der Waals surface area contributed by atoms with Gasteiger partial charge in [-0.25, -0.2) is 8.78 Å². The third-order valence-corrected chi connectivity index (χ3v) is 6.23. The molecule has 0 aromatic heterocycles. The van der Waals surface area contributed by atoms with Gasteiger partial charge < -0.3 is 15.7 Å². The van der Waals surface area contributed by atoms with E-state index in [4.69, 9.17) is 0 Å². The zero-order chi connectivity index (χ0) is 23.1. The lowest BCUT2D eigenvalue weighted by Crippen LogP contribution is -2.50. The number of aliphatic hydroxyl groups is 1. The fraction of sp³-hybridized carbons (Fsp3) is 0.500. The molecule has 4 nitrogen and oxygen atoms in total. The molecule has 0 radical (unpaired) electrons. The van der Waals surface area contributed by atoms with E-state index in [9.17, 15) is 18.7 Å². The predicted octanol–water partition coefficient (Wildman–Crippen LogP) is 4.38. The van der Waals surface area contributed by atoms with Crippen LogP contribution in [0.25, 0.3) is 0 Å². The average Bonchev–Trinajstić information content (AvgIpc) is 3.56. The van der Waals surface area contributed by atoms with Crippen LogP contribution in [-0.4, -0.2) is 29.7 Å². The molecule has 3 rings (SSSR count). The van der Waals surface area contributed by atoms with E-state index in [1.807, 2.05) is 6.92 Å². The Labute approximate surface area is 189 Å². The lowest BCUT2D eigenvalue weighted by Gasteiger charge is -2.27. The number of carbonyl (C=O) groups excluding carboxylic acids is 1. The van der Waals surface area contributed by atoms with Crippen LogP contribution in [0.4, 0.5) is 8.78 Å². The van der Waals surface area contributed by atoms with Gasteiger partial charge in [-0.3, -0.25) is 4.79 Å². The molecule has 32 heavy (non-hydrogen) atoms. The highest BCUT2D eigenvalue weighted by Crippen LogP contribution is 2.45. The van der Waals surface area contributed by atoms with Gasteiger partial charge in [-0.15, -0.1) is 0 Å². The van der Waals surface area contributed by atoms with E-state index >= 15 is 0 Å². The minimum absolute atomic E-state index is 0.147. The molecule has 0 saturated heterocycles. The van der Waals surface area contributed by atoms with Crippen LogP contribution in [0.5, 0.6) is 0 Å². The fourth-order valence-electron chi connectivity index (χ4n) is 4.11. The molecule has 1 fully saturated rings. The molecular formula is C26H34F2N2O2. The highest BCUT2D eigenvalue weighted by molar-refractivity contribution is 5.76. The van der Waals surface area contributed by atoms with Gasteiger partial charge in [-0.05, 0) is 60.9 Å². The topological polar surface area (TPSA) is 61.4 Å². The van der Waals surface area contributed by atoms with Crippen LogP contribution in [0.15, 0.2) is 42.5 Å². The van der Waals surface area contributed by atoms with Crippen molar-refractivity contribution in [2.45, 2.75) is 76.5 Å². The minimum atomic E-state index is -0.904. The Hall–Kier alpha value is -2.31. The standard InChI is InChI=1S/C26H34F2N2O2/c1-3-5-9-25(32)30-23(15-19-13-21(27)16-22(28)14-19)24(31)17-29-26(10-11-26)20-8-6-7-18(4-2)12-20/h6-8,12-14,16,23-24,29,31H,3-5,9-11,15,17H2,1-2H3,(H,30,32)/t23-,24+/m0/s1. The first-order chi connectivity index (χ1) is 15.3. The smallest absolute Gasteiger partial charge is 0.220 e. The second kappa shape index (κ2) is 11.0. The largest absolute Gasteiger partial charge is 0.390 e. The van der Waals surface area contributed by atoms with Gasteiger partial charge in [0.25, 0.3) is 0 Å². The molecule has 0 spiro atoms. The Balaban J connectivity index is 1.69. The van der Waals surface area contributed by atoms with E-state index < -0.39 is 23.8 Å². The minimum Gasteiger partial charge on any atom is -0.390 e. The highest BCUT2D eigenvalue weighted by Gasteiger charge is 2.44. The van der Waals surface area contributed by atoms with Gasteiger partial charge in [0.15, 0.2) is 0 Å². The molecule has 0 bridgehead atoms. The second-order valence-corrected chi connectivity index (χ2v) is 8.84. The van der Waals surface area contributed by atoms with Crippen molar-refractivity contribution in [3.05, 3.63) is 70.8 Å². The zero-order valence-electron chi connectivity index (χ0n) is 19.0. The van der Waals surface area contributed by atoms with E-state index in [0.29, 0.717) is 12.0 Å². The number of aryl methyl sites for hydroxylation is 1. The summed E-state index contributed by atoms with van der Waals surface area (Å²) >= 11 is 0. The number of amides is 1. The van der Waals surface area contributed by atoms with Gasteiger partial charge in [-0.1, -0.05) is 44.5 Å². The van der Waals surface area contributed by atoms with Crippen molar-refractivity contribution in [2.24, 2.45) is 0 Å². The van der Waals surface area contributed by atoms with Crippen LogP contribution in [-0.2, 0) is 23.2 Å². The number of unbranched alkanes of at least 4 members (excludes halogenated alkanes) is 1. The summed E-state index contributed by atoms with van der Waals surface area (Å²) in [7, 11) is 0. The maximum absolute atomic E-state index is 13.7. The molecule has 1 amide bonds. The molecule has 0 heterocycles. The van der Waals surface area contributed by atoms with Gasteiger partial charge in [-0.2, -0.15) is 0 Å². The molecule has 1 saturated carbocycles. The van der Waals surface area contributed by atoms with Crippen molar-refractivity contribution in [3.8, 4) is 0 Å².